The van der Waals surface area contributed by atoms with Crippen LogP contribution in [0.4, 0.5) is 35.1 Å². The molecule has 0 bridgehead atoms. The first-order chi connectivity index (χ1) is 45.4. The van der Waals surface area contributed by atoms with Gasteiger partial charge in [-0.2, -0.15) is 26.3 Å². The molecule has 0 unspecified atom stereocenters. The molecule has 6 aromatic rings. The molecule has 96 heavy (non-hydrogen) atoms. The second-order valence-electron chi connectivity index (χ2n) is 26.6. The number of benzene rings is 6. The number of piperazine rings is 2. The highest BCUT2D eigenvalue weighted by molar-refractivity contribution is 5.95. The Morgan fingerprint density at radius 2 is 0.802 bits per heavy atom. The predicted molar refractivity (Wildman–Crippen MR) is 350 cm³/mol. The van der Waals surface area contributed by atoms with Crippen molar-refractivity contribution >= 4 is 23.8 Å². The Morgan fingerprint density at radius 1 is 0.458 bits per heavy atom. The number of hydrogen-bond donors (Lipinski definition) is 4. The average Bonchev–Trinajstić information content (AvgIpc) is 0.988. The maximum atomic E-state index is 15.0. The van der Waals surface area contributed by atoms with Gasteiger partial charge in [0.25, 0.3) is 11.8 Å². The number of amides is 2. The van der Waals surface area contributed by atoms with Crippen molar-refractivity contribution in [3.05, 3.63) is 190 Å². The number of hydrogen-bond acceptors (Lipinski definition) is 12. The van der Waals surface area contributed by atoms with Crippen molar-refractivity contribution < 1.29 is 73.5 Å². The molecule has 24 heteroatoms. The summed E-state index contributed by atoms with van der Waals surface area (Å²) in [5.74, 6) is -6.75. The van der Waals surface area contributed by atoms with Gasteiger partial charge in [0.05, 0.1) is 54.4 Å². The van der Waals surface area contributed by atoms with Crippen molar-refractivity contribution in [1.29, 1.82) is 0 Å². The minimum atomic E-state index is -5.19. The van der Waals surface area contributed by atoms with Crippen molar-refractivity contribution in [2.24, 2.45) is 0 Å². The van der Waals surface area contributed by atoms with E-state index in [1.165, 1.54) is 49.2 Å². The second-order valence-corrected chi connectivity index (χ2v) is 26.6. The van der Waals surface area contributed by atoms with Gasteiger partial charge in [-0.05, 0) is 119 Å². The van der Waals surface area contributed by atoms with E-state index < -0.39 is 24.3 Å². The summed E-state index contributed by atoms with van der Waals surface area (Å²) in [6.45, 7) is 23.5. The molecule has 4 fully saturated rings. The highest BCUT2D eigenvalue weighted by Gasteiger charge is 2.30. The summed E-state index contributed by atoms with van der Waals surface area (Å²) < 4.78 is 95.1. The highest BCUT2D eigenvalue weighted by Crippen LogP contribution is 2.28. The first-order valence-corrected chi connectivity index (χ1v) is 32.4. The molecule has 2 amide bonds. The number of nitrogens with one attached hydrogen (secondary N) is 4. The Labute approximate surface area is 558 Å². The van der Waals surface area contributed by atoms with E-state index in [1.54, 1.807) is 12.1 Å². The van der Waals surface area contributed by atoms with Crippen LogP contribution in [0.3, 0.4) is 0 Å². The Bertz CT molecular complexity index is 3320. The Morgan fingerprint density at radius 3 is 1.16 bits per heavy atom. The fourth-order valence-electron chi connectivity index (χ4n) is 12.0. The van der Waals surface area contributed by atoms with Gasteiger partial charge < -0.3 is 50.0 Å². The molecular weight excluding hydrogens is 1250 g/mol. The standard InChI is InChI=1S/2C34H44FN5O.2C2HF3O2/c2*1-26-23-39(15-13-36-26)25-28-7-4-9-30(19-28)32-21-27(11-12-33(32)35)22-37-34(41)31-10-5-8-29(20-31)24-38-14-6-17-40(2,3)18-16-38;2*3-2(4,5)1(6)7/h2*4-5,7-12,19-21,26,36H,6,13-18,22-25H2,1-3H3;2*(H,6,7)/t2*26-;;/m00../s1. The van der Waals surface area contributed by atoms with E-state index in [9.17, 15) is 44.7 Å². The van der Waals surface area contributed by atoms with Gasteiger partial charge in [0.15, 0.2) is 0 Å². The van der Waals surface area contributed by atoms with Gasteiger partial charge >= 0.3 is 12.4 Å². The molecule has 6 aromatic carbocycles. The molecule has 0 saturated carbocycles. The predicted octanol–water partition coefficient (Wildman–Crippen LogP) is 7.59. The van der Waals surface area contributed by atoms with Crippen LogP contribution in [0.25, 0.3) is 22.3 Å². The summed E-state index contributed by atoms with van der Waals surface area (Å²) in [5.41, 5.74) is 10.6. The van der Waals surface area contributed by atoms with Crippen LogP contribution >= 0.6 is 0 Å². The lowest BCUT2D eigenvalue weighted by atomic mass is 10.00. The van der Waals surface area contributed by atoms with Crippen molar-refractivity contribution in [3.63, 3.8) is 0 Å². The van der Waals surface area contributed by atoms with E-state index in [-0.39, 0.29) is 23.4 Å². The number of alkyl halides is 6. The number of nitrogens with zero attached hydrogens (tertiary/aromatic N) is 6. The van der Waals surface area contributed by atoms with Crippen LogP contribution in [0.2, 0.25) is 0 Å². The Kier molecular flexibility index (Phi) is 27.6. The van der Waals surface area contributed by atoms with Gasteiger partial charge in [0.1, 0.15) is 23.6 Å². The molecule has 0 radical (unpaired) electrons. The molecule has 4 aliphatic heterocycles. The molecule has 520 valence electrons. The number of likely N-dealkylation sites (N-methyl/N-ethyl adjacent to an activating group) is 2. The third-order valence-corrected chi connectivity index (χ3v) is 17.3. The number of quaternary nitrogens is 2. The van der Waals surface area contributed by atoms with Gasteiger partial charge in [-0.3, -0.25) is 29.2 Å². The summed E-state index contributed by atoms with van der Waals surface area (Å²) in [6, 6.07) is 43.4. The number of carboxylic acids is 2. The highest BCUT2D eigenvalue weighted by atomic mass is 19.4. The quantitative estimate of drug-likeness (QED) is 0.0553. The number of carboxylic acid groups (broad SMARTS) is 2. The zero-order valence-electron chi connectivity index (χ0n) is 55.6. The molecule has 0 spiro atoms. The molecular formula is C72H90F8N10O6. The van der Waals surface area contributed by atoms with Gasteiger partial charge in [0.2, 0.25) is 0 Å². The van der Waals surface area contributed by atoms with Gasteiger partial charge in [-0.15, -0.1) is 0 Å². The van der Waals surface area contributed by atoms with E-state index in [2.05, 4.69) is 119 Å². The number of carbonyl (C=O) groups is 4. The van der Waals surface area contributed by atoms with Crippen molar-refractivity contribution in [3.8, 4) is 22.3 Å². The number of halogens is 8. The SMILES string of the molecule is C[C@H]1CN(Cc2cccc(-c3cc(CNC(=O)c4cccc(CN5CCC[N+](C)(C)CC5)c4)ccc3F)c2)CCN1.C[C@H]1CN(Cc2cccc(-c3cc(CNC(=O)c4cccc(CN5CCC[N+](C)(C)CC5)c4)ccc3F)c2)CCN1.O=C([O-])C(F)(F)F.O=C([O-])C(F)(F)F. The number of rotatable bonds is 16. The second kappa shape index (κ2) is 35.0. The lowest BCUT2D eigenvalue weighted by Gasteiger charge is -2.31. The molecule has 4 aliphatic rings. The van der Waals surface area contributed by atoms with Crippen LogP contribution in [0.1, 0.15) is 80.8 Å². The van der Waals surface area contributed by atoms with Crippen LogP contribution in [-0.4, -0.2) is 197 Å². The largest absolute Gasteiger partial charge is 0.542 e. The summed E-state index contributed by atoms with van der Waals surface area (Å²) in [7, 11) is 9.18. The third-order valence-electron chi connectivity index (χ3n) is 17.3. The monoisotopic (exact) mass is 1340 g/mol. The van der Waals surface area contributed by atoms with Crippen molar-refractivity contribution in [2.75, 3.05) is 120 Å². The summed E-state index contributed by atoms with van der Waals surface area (Å²) in [6.07, 6.45) is -8.01. The molecule has 4 N–H and O–H groups in total. The maximum absolute atomic E-state index is 15.0. The molecule has 4 saturated heterocycles. The third kappa shape index (κ3) is 25.1. The van der Waals surface area contributed by atoms with Crippen LogP contribution in [0.15, 0.2) is 133 Å². The summed E-state index contributed by atoms with van der Waals surface area (Å²) >= 11 is 0. The molecule has 16 nitrogen and oxygen atoms in total. The van der Waals surface area contributed by atoms with Crippen LogP contribution < -0.4 is 31.5 Å². The van der Waals surface area contributed by atoms with E-state index >= 15 is 0 Å². The number of carbonyl (C=O) groups excluding carboxylic acids is 4. The van der Waals surface area contributed by atoms with Crippen LogP contribution in [-0.2, 0) is 48.9 Å². The number of aliphatic carboxylic acids is 2. The van der Waals surface area contributed by atoms with E-state index in [0.717, 1.165) is 147 Å². The van der Waals surface area contributed by atoms with Crippen molar-refractivity contribution in [2.45, 2.75) is 90.4 Å². The van der Waals surface area contributed by atoms with Crippen LogP contribution in [0, 0.1) is 11.6 Å². The zero-order chi connectivity index (χ0) is 69.8. The van der Waals surface area contributed by atoms with E-state index in [1.807, 2.05) is 72.8 Å². The fourth-order valence-corrected chi connectivity index (χ4v) is 12.0. The first-order valence-electron chi connectivity index (χ1n) is 32.4. The van der Waals surface area contributed by atoms with Crippen molar-refractivity contribution in [1.82, 2.24) is 40.9 Å². The van der Waals surface area contributed by atoms with Gasteiger partial charge in [0, 0.05) is 152 Å². The van der Waals surface area contributed by atoms with Crippen LogP contribution in [0.5, 0.6) is 0 Å². The van der Waals surface area contributed by atoms with Gasteiger partial charge in [-0.1, -0.05) is 72.8 Å². The molecule has 0 aliphatic carbocycles. The molecule has 0 aromatic heterocycles. The first kappa shape index (κ1) is 75.7. The summed E-state index contributed by atoms with van der Waals surface area (Å²) in [5, 5.41) is 30.6. The Hall–Kier alpha value is -7.68. The topological polar surface area (TPSA) is 175 Å². The lowest BCUT2D eigenvalue weighted by Crippen LogP contribution is -2.48. The van der Waals surface area contributed by atoms with E-state index in [4.69, 9.17) is 19.8 Å². The Balaban J connectivity index is 0.000000226. The van der Waals surface area contributed by atoms with E-state index in [0.29, 0.717) is 47.4 Å². The molecule has 2 atom stereocenters. The minimum absolute atomic E-state index is 0.112. The lowest BCUT2D eigenvalue weighted by molar-refractivity contribution is -0.888. The fraction of sp³-hybridized carbons (Fsp3) is 0.444. The normalized spacial score (nSPS) is 18.7. The van der Waals surface area contributed by atoms with Gasteiger partial charge in [-0.25, -0.2) is 8.78 Å². The minimum Gasteiger partial charge on any atom is -0.542 e. The zero-order valence-corrected chi connectivity index (χ0v) is 55.6. The maximum Gasteiger partial charge on any atom is 0.430 e. The average molecular weight is 1340 g/mol. The smallest absolute Gasteiger partial charge is 0.430 e. The summed E-state index contributed by atoms with van der Waals surface area (Å²) in [4.78, 5) is 53.6. The molecule has 10 rings (SSSR count). The molecule has 4 heterocycles.